The fourth-order valence-electron chi connectivity index (χ4n) is 4.62. The first-order chi connectivity index (χ1) is 25.0. The molecule has 0 saturated heterocycles. The van der Waals surface area contributed by atoms with Crippen LogP contribution in [-0.2, 0) is 0 Å². The third-order valence-electron chi connectivity index (χ3n) is 8.52. The number of hydrogen-bond donors (Lipinski definition) is 0. The Bertz CT molecular complexity index is 1970. The van der Waals surface area contributed by atoms with Gasteiger partial charge in [-0.25, -0.2) is 0 Å². The average molecular weight is 766 g/mol. The molecule has 0 heterocycles. The van der Waals surface area contributed by atoms with E-state index in [9.17, 15) is 0 Å². The second-order valence-corrected chi connectivity index (χ2v) is 14.8. The number of benzene rings is 6. The van der Waals surface area contributed by atoms with Crippen LogP contribution in [0.2, 0.25) is 15.1 Å². The zero-order chi connectivity index (χ0) is 39.7. The molecule has 0 atom stereocenters. The van der Waals surface area contributed by atoms with E-state index in [0.29, 0.717) is 0 Å². The van der Waals surface area contributed by atoms with Crippen LogP contribution in [0.25, 0.3) is 0 Å². The Morgan fingerprint density at radius 3 is 1.13 bits per heavy atom. The summed E-state index contributed by atoms with van der Waals surface area (Å²) in [5.74, 6) is 0. The summed E-state index contributed by atoms with van der Waals surface area (Å²) in [6, 6.07) is 38.9. The molecule has 0 spiro atoms. The third kappa shape index (κ3) is 17.0. The molecule has 278 valence electrons. The molecule has 0 amide bonds. The van der Waals surface area contributed by atoms with E-state index in [1.165, 1.54) is 44.5 Å². The zero-order valence-corrected chi connectivity index (χ0v) is 35.8. The quantitative estimate of drug-likeness (QED) is 0.157. The fraction of sp³-hybridized carbons (Fsp3) is 0.250. The summed E-state index contributed by atoms with van der Waals surface area (Å²) >= 11 is 17.5. The number of azo groups is 1. The van der Waals surface area contributed by atoms with E-state index in [2.05, 4.69) is 126 Å². The number of halogens is 3. The van der Waals surface area contributed by atoms with Crippen molar-refractivity contribution in [3.8, 4) is 0 Å². The highest BCUT2D eigenvalue weighted by Crippen LogP contribution is 2.24. The summed E-state index contributed by atoms with van der Waals surface area (Å²) in [5, 5.41) is 10.9. The van der Waals surface area contributed by atoms with Crippen LogP contribution in [0.15, 0.2) is 125 Å². The molecule has 0 aromatic heterocycles. The van der Waals surface area contributed by atoms with Gasteiger partial charge in [-0.15, -0.1) is 0 Å². The van der Waals surface area contributed by atoms with Gasteiger partial charge < -0.3 is 0 Å². The van der Waals surface area contributed by atoms with E-state index >= 15 is 0 Å². The second-order valence-electron chi connectivity index (χ2n) is 13.6. The molecule has 6 rings (SSSR count). The van der Waals surface area contributed by atoms with Gasteiger partial charge in [0.15, 0.2) is 0 Å². The van der Waals surface area contributed by atoms with Crippen molar-refractivity contribution >= 4 is 46.2 Å². The highest BCUT2D eigenvalue weighted by Gasteiger charge is 1.99. The minimum absolute atomic E-state index is 0.780. The predicted octanol–water partition coefficient (Wildman–Crippen LogP) is 16.5. The molecule has 2 nitrogen and oxygen atoms in total. The lowest BCUT2D eigenvalue weighted by atomic mass is 10.1. The highest BCUT2D eigenvalue weighted by molar-refractivity contribution is 6.34. The van der Waals surface area contributed by atoms with Crippen molar-refractivity contribution in [3.63, 3.8) is 0 Å². The normalized spacial score (nSPS) is 10.1. The highest BCUT2D eigenvalue weighted by atomic mass is 35.5. The maximum atomic E-state index is 5.83. The second kappa shape index (κ2) is 22.8. The summed E-state index contributed by atoms with van der Waals surface area (Å²) in [5.41, 5.74) is 16.7. The smallest absolute Gasteiger partial charge is 0.0886 e. The van der Waals surface area contributed by atoms with Crippen LogP contribution in [0.4, 0.5) is 11.4 Å². The molecule has 5 heteroatoms. The lowest BCUT2D eigenvalue weighted by Gasteiger charge is -2.00. The molecule has 0 aliphatic carbocycles. The summed E-state index contributed by atoms with van der Waals surface area (Å²) in [7, 11) is 0. The predicted molar refractivity (Wildman–Crippen MR) is 235 cm³/mol. The number of hydrogen-bond acceptors (Lipinski definition) is 2. The average Bonchev–Trinajstić information content (AvgIpc) is 3.11. The van der Waals surface area contributed by atoms with Gasteiger partial charge in [0.05, 0.1) is 11.4 Å². The molecular weight excluding hydrogens is 711 g/mol. The molecule has 6 aromatic rings. The molecule has 0 N–H and O–H groups in total. The van der Waals surface area contributed by atoms with Crippen molar-refractivity contribution < 1.29 is 0 Å². The maximum Gasteiger partial charge on any atom is 0.0886 e. The van der Waals surface area contributed by atoms with Crippen LogP contribution in [0.3, 0.4) is 0 Å². The minimum Gasteiger partial charge on any atom is -0.151 e. The van der Waals surface area contributed by atoms with E-state index < -0.39 is 0 Å². The summed E-state index contributed by atoms with van der Waals surface area (Å²) in [4.78, 5) is 0. The van der Waals surface area contributed by atoms with E-state index in [1.807, 2.05) is 82.3 Å². The Balaban J connectivity index is 0.000000237. The minimum atomic E-state index is 0.780. The molecule has 0 fully saturated rings. The van der Waals surface area contributed by atoms with Crippen molar-refractivity contribution in [2.75, 3.05) is 0 Å². The van der Waals surface area contributed by atoms with Crippen molar-refractivity contribution in [3.05, 3.63) is 197 Å². The van der Waals surface area contributed by atoms with Gasteiger partial charge in [0.25, 0.3) is 0 Å². The van der Waals surface area contributed by atoms with Crippen LogP contribution in [0.1, 0.15) is 66.8 Å². The van der Waals surface area contributed by atoms with Crippen molar-refractivity contribution in [2.45, 2.75) is 83.1 Å². The third-order valence-corrected chi connectivity index (χ3v) is 9.74. The van der Waals surface area contributed by atoms with Crippen LogP contribution in [-0.4, -0.2) is 0 Å². The van der Waals surface area contributed by atoms with Gasteiger partial charge in [0.2, 0.25) is 0 Å². The van der Waals surface area contributed by atoms with Crippen LogP contribution in [0.5, 0.6) is 0 Å². The van der Waals surface area contributed by atoms with Gasteiger partial charge >= 0.3 is 0 Å². The van der Waals surface area contributed by atoms with E-state index in [-0.39, 0.29) is 0 Å². The van der Waals surface area contributed by atoms with Gasteiger partial charge in [-0.1, -0.05) is 136 Å². The topological polar surface area (TPSA) is 24.7 Å². The summed E-state index contributed by atoms with van der Waals surface area (Å²) in [6.07, 6.45) is 0. The van der Waals surface area contributed by atoms with Gasteiger partial charge in [-0.3, -0.25) is 0 Å². The van der Waals surface area contributed by atoms with Crippen LogP contribution < -0.4 is 0 Å². The van der Waals surface area contributed by atoms with Crippen molar-refractivity contribution in [1.82, 2.24) is 0 Å². The monoisotopic (exact) mass is 764 g/mol. The van der Waals surface area contributed by atoms with Gasteiger partial charge in [0, 0.05) is 15.1 Å². The number of rotatable bonds is 2. The first kappa shape index (κ1) is 44.9. The number of nitrogens with zero attached hydrogens (tertiary/aromatic N) is 2. The Labute approximate surface area is 334 Å². The Kier molecular flexibility index (Phi) is 19.3. The molecule has 0 bridgehead atoms. The standard InChI is InChI=1S/C15H16N2.C9H12.C8H8Cl2.C8H9Cl.C8H10/c1-11-4-7-14(8-5-11)16-17-15-9-6-12(2)10-13(15)3;1-7-5-4-6-8(2)9(7)3;1-5-3-8(10)6(2)4-7(5)9;1-6-3-4-7(2)8(9)5-6;1-7-3-5-8(2)6-4-7/h4-10H,1-3H3;4-6H,1-3H3;3-4H,1-2H3;3-5H,1-2H3;3-6H,1-2H3. The molecule has 0 saturated carbocycles. The SMILES string of the molecule is Cc1cc(Cl)c(C)cc1Cl.Cc1ccc(C)c(Cl)c1.Cc1ccc(C)cc1.Cc1ccc(N=Nc2ccc(C)cc2C)cc1.Cc1cccc(C)c1C. The fourth-order valence-corrected chi connectivity index (χ4v) is 5.29. The number of aryl methyl sites for hydroxylation is 11. The van der Waals surface area contributed by atoms with E-state index in [1.54, 1.807) is 0 Å². The van der Waals surface area contributed by atoms with Gasteiger partial charge in [-0.2, -0.15) is 10.2 Å². The largest absolute Gasteiger partial charge is 0.151 e. The molecule has 0 unspecified atom stereocenters. The summed E-state index contributed by atoms with van der Waals surface area (Å²) < 4.78 is 0. The lowest BCUT2D eigenvalue weighted by molar-refractivity contribution is 1.20. The molecule has 6 aromatic carbocycles. The molecule has 0 aliphatic rings. The van der Waals surface area contributed by atoms with E-state index in [4.69, 9.17) is 34.8 Å². The Hall–Kier alpha value is -4.21. The Morgan fingerprint density at radius 2 is 0.717 bits per heavy atom. The first-order valence-corrected chi connectivity index (χ1v) is 18.9. The summed E-state index contributed by atoms with van der Waals surface area (Å²) in [6.45, 7) is 24.7. The van der Waals surface area contributed by atoms with Crippen LogP contribution >= 0.6 is 34.8 Å². The molecular formula is C48H55Cl3N2. The molecule has 53 heavy (non-hydrogen) atoms. The maximum absolute atomic E-state index is 5.83. The zero-order valence-electron chi connectivity index (χ0n) is 33.5. The van der Waals surface area contributed by atoms with Crippen molar-refractivity contribution in [2.24, 2.45) is 10.2 Å². The Morgan fingerprint density at radius 1 is 0.321 bits per heavy atom. The molecule has 0 radical (unpaired) electrons. The van der Waals surface area contributed by atoms with Crippen LogP contribution in [0, 0.1) is 83.1 Å². The van der Waals surface area contributed by atoms with Gasteiger partial charge in [0.1, 0.15) is 0 Å². The van der Waals surface area contributed by atoms with E-state index in [0.717, 1.165) is 48.7 Å². The van der Waals surface area contributed by atoms with Gasteiger partial charge in [-0.05, 0) is 164 Å². The lowest BCUT2D eigenvalue weighted by Crippen LogP contribution is -1.82. The van der Waals surface area contributed by atoms with Crippen molar-refractivity contribution in [1.29, 1.82) is 0 Å². The molecule has 0 aliphatic heterocycles. The first-order valence-electron chi connectivity index (χ1n) is 17.7.